The Kier molecular flexibility index (Phi) is 4.41. The van der Waals surface area contributed by atoms with E-state index in [1.54, 1.807) is 0 Å². The lowest BCUT2D eigenvalue weighted by Gasteiger charge is -2.14. The van der Waals surface area contributed by atoms with Gasteiger partial charge in [0.2, 0.25) is 0 Å². The predicted octanol–water partition coefficient (Wildman–Crippen LogP) is 3.82. The third-order valence-electron chi connectivity index (χ3n) is 3.26. The number of aliphatic hydroxyl groups is 1. The van der Waals surface area contributed by atoms with Gasteiger partial charge in [-0.2, -0.15) is 0 Å². The lowest BCUT2D eigenvalue weighted by molar-refractivity contribution is 0.238. The second-order valence-corrected chi connectivity index (χ2v) is 11.4. The van der Waals surface area contributed by atoms with Crippen LogP contribution in [0.25, 0.3) is 10.8 Å². The fourth-order valence-electron chi connectivity index (χ4n) is 2.07. The van der Waals surface area contributed by atoms with E-state index in [2.05, 4.69) is 60.3 Å². The third kappa shape index (κ3) is 4.10. The van der Waals surface area contributed by atoms with Gasteiger partial charge in [-0.05, 0) is 34.5 Å². The van der Waals surface area contributed by atoms with Crippen LogP contribution in [0.1, 0.15) is 11.7 Å². The second kappa shape index (κ2) is 5.93. The van der Waals surface area contributed by atoms with Crippen LogP contribution >= 0.6 is 0 Å². The molecular formula is C18H23NOSi. The first-order valence-electron chi connectivity index (χ1n) is 7.18. The Bertz CT molecular complexity index is 704. The molecule has 110 valence electrons. The first kappa shape index (κ1) is 15.6. The molecule has 0 aliphatic carbocycles. The normalized spacial score (nSPS) is 12.7. The van der Waals surface area contributed by atoms with Gasteiger partial charge in [0.15, 0.2) is 0 Å². The Hall–Kier alpha value is -1.76. The fraction of sp³-hybridized carbons (Fsp3) is 0.333. The van der Waals surface area contributed by atoms with Crippen molar-refractivity contribution in [2.24, 2.45) is 0 Å². The standard InChI is InChI=1S/C18H23NOSi/c1-19(2)17-9-8-14-12-16(7-6-15(14)13-17)18(20)10-11-21(3,4)5/h6-9,12-13,18,20H,1-5H3. The van der Waals surface area contributed by atoms with E-state index in [-0.39, 0.29) is 0 Å². The molecule has 0 spiro atoms. The van der Waals surface area contributed by atoms with Crippen molar-refractivity contribution in [2.75, 3.05) is 19.0 Å². The van der Waals surface area contributed by atoms with E-state index in [1.165, 1.54) is 11.1 Å². The molecule has 2 rings (SSSR count). The molecule has 0 aliphatic heterocycles. The molecule has 2 aromatic carbocycles. The number of hydrogen-bond donors (Lipinski definition) is 1. The summed E-state index contributed by atoms with van der Waals surface area (Å²) in [6, 6.07) is 12.4. The maximum absolute atomic E-state index is 10.2. The van der Waals surface area contributed by atoms with Crippen LogP contribution in [0.4, 0.5) is 5.69 Å². The lowest BCUT2D eigenvalue weighted by atomic mass is 10.0. The smallest absolute Gasteiger partial charge is 0.139 e. The van der Waals surface area contributed by atoms with E-state index in [9.17, 15) is 5.11 Å². The number of hydrogen-bond acceptors (Lipinski definition) is 2. The molecule has 0 heterocycles. The van der Waals surface area contributed by atoms with E-state index in [0.717, 1.165) is 10.9 Å². The summed E-state index contributed by atoms with van der Waals surface area (Å²) in [4.78, 5) is 2.08. The van der Waals surface area contributed by atoms with Crippen LogP contribution in [0, 0.1) is 11.5 Å². The Morgan fingerprint density at radius 3 is 2.24 bits per heavy atom. The van der Waals surface area contributed by atoms with Gasteiger partial charge in [0.25, 0.3) is 0 Å². The SMILES string of the molecule is CN(C)c1ccc2cc(C(O)C#C[Si](C)(C)C)ccc2c1. The number of benzene rings is 2. The lowest BCUT2D eigenvalue weighted by Crippen LogP contribution is -2.16. The molecule has 2 aromatic rings. The van der Waals surface area contributed by atoms with Crippen molar-refractivity contribution in [1.29, 1.82) is 0 Å². The van der Waals surface area contributed by atoms with E-state index in [1.807, 2.05) is 26.2 Å². The zero-order valence-corrected chi connectivity index (χ0v) is 14.4. The van der Waals surface area contributed by atoms with Crippen molar-refractivity contribution in [3.8, 4) is 11.5 Å². The summed E-state index contributed by atoms with van der Waals surface area (Å²) in [5, 5.41) is 12.5. The maximum atomic E-state index is 10.2. The summed E-state index contributed by atoms with van der Waals surface area (Å²) in [7, 11) is 2.61. The highest BCUT2D eigenvalue weighted by molar-refractivity contribution is 6.83. The number of aliphatic hydroxyl groups excluding tert-OH is 1. The van der Waals surface area contributed by atoms with Crippen LogP contribution < -0.4 is 4.90 Å². The summed E-state index contributed by atoms with van der Waals surface area (Å²) < 4.78 is 0. The molecule has 0 bridgehead atoms. The van der Waals surface area contributed by atoms with Crippen LogP contribution in [-0.4, -0.2) is 27.3 Å². The summed E-state index contributed by atoms with van der Waals surface area (Å²) in [6.07, 6.45) is -0.699. The van der Waals surface area contributed by atoms with Crippen molar-refractivity contribution in [3.63, 3.8) is 0 Å². The highest BCUT2D eigenvalue weighted by Gasteiger charge is 2.10. The van der Waals surface area contributed by atoms with Crippen molar-refractivity contribution in [2.45, 2.75) is 25.7 Å². The Morgan fingerprint density at radius 1 is 1.00 bits per heavy atom. The minimum absolute atomic E-state index is 0.699. The molecule has 1 N–H and O–H groups in total. The molecule has 0 saturated heterocycles. The van der Waals surface area contributed by atoms with Crippen LogP contribution in [-0.2, 0) is 0 Å². The minimum Gasteiger partial charge on any atom is -0.378 e. The second-order valence-electron chi connectivity index (χ2n) is 6.61. The largest absolute Gasteiger partial charge is 0.378 e. The van der Waals surface area contributed by atoms with E-state index < -0.39 is 14.2 Å². The number of rotatable bonds is 2. The average Bonchev–Trinajstić information content (AvgIpc) is 2.42. The van der Waals surface area contributed by atoms with Gasteiger partial charge in [-0.1, -0.05) is 43.8 Å². The highest BCUT2D eigenvalue weighted by Crippen LogP contribution is 2.24. The van der Waals surface area contributed by atoms with Gasteiger partial charge in [0.1, 0.15) is 14.2 Å². The van der Waals surface area contributed by atoms with Gasteiger partial charge in [-0.15, -0.1) is 5.54 Å². The Labute approximate surface area is 128 Å². The van der Waals surface area contributed by atoms with Crippen LogP contribution in [0.15, 0.2) is 36.4 Å². The van der Waals surface area contributed by atoms with Crippen LogP contribution in [0.5, 0.6) is 0 Å². The Balaban J connectivity index is 2.34. The molecule has 0 aliphatic rings. The predicted molar refractivity (Wildman–Crippen MR) is 94.4 cm³/mol. The van der Waals surface area contributed by atoms with E-state index >= 15 is 0 Å². The molecule has 1 unspecified atom stereocenters. The number of anilines is 1. The quantitative estimate of drug-likeness (QED) is 0.673. The molecule has 0 fully saturated rings. The third-order valence-corrected chi connectivity index (χ3v) is 4.16. The Morgan fingerprint density at radius 2 is 1.62 bits per heavy atom. The molecule has 21 heavy (non-hydrogen) atoms. The first-order valence-corrected chi connectivity index (χ1v) is 10.7. The zero-order valence-electron chi connectivity index (χ0n) is 13.4. The minimum atomic E-state index is -1.45. The van der Waals surface area contributed by atoms with Crippen molar-refractivity contribution in [1.82, 2.24) is 0 Å². The topological polar surface area (TPSA) is 23.5 Å². The zero-order chi connectivity index (χ0) is 15.6. The van der Waals surface area contributed by atoms with E-state index in [0.29, 0.717) is 0 Å². The van der Waals surface area contributed by atoms with Gasteiger partial charge in [-0.3, -0.25) is 0 Å². The number of nitrogens with zero attached hydrogens (tertiary/aromatic N) is 1. The van der Waals surface area contributed by atoms with Crippen molar-refractivity contribution in [3.05, 3.63) is 42.0 Å². The fourth-order valence-corrected chi connectivity index (χ4v) is 2.64. The highest BCUT2D eigenvalue weighted by atomic mass is 28.3. The summed E-state index contributed by atoms with van der Waals surface area (Å²) >= 11 is 0. The number of fused-ring (bicyclic) bond motifs is 1. The van der Waals surface area contributed by atoms with Gasteiger partial charge in [0.05, 0.1) is 0 Å². The molecule has 3 heteroatoms. The molecule has 0 radical (unpaired) electrons. The monoisotopic (exact) mass is 297 g/mol. The maximum Gasteiger partial charge on any atom is 0.139 e. The summed E-state index contributed by atoms with van der Waals surface area (Å²) in [6.45, 7) is 6.53. The van der Waals surface area contributed by atoms with Gasteiger partial charge < -0.3 is 10.0 Å². The van der Waals surface area contributed by atoms with Gasteiger partial charge >= 0.3 is 0 Å². The molecule has 2 nitrogen and oxygen atoms in total. The van der Waals surface area contributed by atoms with Gasteiger partial charge in [0, 0.05) is 19.8 Å². The first-order chi connectivity index (χ1) is 9.76. The van der Waals surface area contributed by atoms with Crippen LogP contribution in [0.3, 0.4) is 0 Å². The summed E-state index contributed by atoms with van der Waals surface area (Å²) in [5.74, 6) is 2.99. The van der Waals surface area contributed by atoms with E-state index in [4.69, 9.17) is 0 Å². The molecule has 0 saturated carbocycles. The molecule has 1 atom stereocenters. The van der Waals surface area contributed by atoms with Gasteiger partial charge in [-0.25, -0.2) is 0 Å². The summed E-state index contributed by atoms with van der Waals surface area (Å²) in [5.41, 5.74) is 5.27. The molecular weight excluding hydrogens is 274 g/mol. The van der Waals surface area contributed by atoms with Crippen molar-refractivity contribution >= 4 is 24.5 Å². The average molecular weight is 297 g/mol. The van der Waals surface area contributed by atoms with Crippen molar-refractivity contribution < 1.29 is 5.11 Å². The van der Waals surface area contributed by atoms with Crippen LogP contribution in [0.2, 0.25) is 19.6 Å². The molecule has 0 amide bonds. The molecule has 0 aromatic heterocycles.